The van der Waals surface area contributed by atoms with E-state index in [2.05, 4.69) is 0 Å². The minimum absolute atomic E-state index is 0.129. The van der Waals surface area contributed by atoms with Gasteiger partial charge in [0.05, 0.1) is 11.5 Å². The monoisotopic (exact) mass is 149 g/mol. The van der Waals surface area contributed by atoms with E-state index in [0.29, 0.717) is 0 Å². The van der Waals surface area contributed by atoms with E-state index in [0.717, 1.165) is 0 Å². The van der Waals surface area contributed by atoms with Crippen LogP contribution in [-0.2, 0) is 0 Å². The Hall–Kier alpha value is -0.720. The first kappa shape index (κ1) is 7.39. The van der Waals surface area contributed by atoms with Gasteiger partial charge >= 0.3 is 6.18 Å². The predicted octanol–water partition coefficient (Wildman–Crippen LogP) is 2.24. The lowest BCUT2D eigenvalue weighted by atomic mass is 10.0. The van der Waals surface area contributed by atoms with Crippen molar-refractivity contribution >= 4 is 0 Å². The normalized spacial score (nSPS) is 21.8. The molecule has 0 radical (unpaired) electrons. The van der Waals surface area contributed by atoms with Gasteiger partial charge in [-0.1, -0.05) is 0 Å². The van der Waals surface area contributed by atoms with E-state index in [4.69, 9.17) is 5.26 Å². The lowest BCUT2D eigenvalue weighted by Crippen LogP contribution is -2.23. The fourth-order valence-electron chi connectivity index (χ4n) is 0.863. The van der Waals surface area contributed by atoms with Crippen LogP contribution in [0.1, 0.15) is 19.3 Å². The topological polar surface area (TPSA) is 23.8 Å². The first-order valence-corrected chi connectivity index (χ1v) is 2.95. The summed E-state index contributed by atoms with van der Waals surface area (Å²) >= 11 is 0. The molecule has 1 aliphatic carbocycles. The van der Waals surface area contributed by atoms with Crippen molar-refractivity contribution in [1.29, 1.82) is 5.26 Å². The van der Waals surface area contributed by atoms with Crippen LogP contribution in [0.5, 0.6) is 0 Å². The largest absolute Gasteiger partial charge is 0.395 e. The maximum Gasteiger partial charge on any atom is 0.395 e. The van der Waals surface area contributed by atoms with Crippen LogP contribution in [0.4, 0.5) is 13.2 Å². The molecule has 0 saturated heterocycles. The molecule has 0 aromatic rings. The van der Waals surface area contributed by atoms with Gasteiger partial charge in [-0.25, -0.2) is 0 Å². The zero-order valence-corrected chi connectivity index (χ0v) is 5.20. The molecule has 0 aromatic carbocycles. The van der Waals surface area contributed by atoms with Crippen LogP contribution in [0.2, 0.25) is 0 Å². The van der Waals surface area contributed by atoms with Crippen molar-refractivity contribution < 1.29 is 13.2 Å². The number of rotatable bonds is 1. The number of halogens is 3. The lowest BCUT2D eigenvalue weighted by molar-refractivity contribution is -0.185. The minimum Gasteiger partial charge on any atom is -0.198 e. The molecule has 0 atom stereocenters. The highest BCUT2D eigenvalue weighted by atomic mass is 19.4. The van der Waals surface area contributed by atoms with Crippen molar-refractivity contribution in [3.05, 3.63) is 0 Å². The molecule has 0 heterocycles. The summed E-state index contributed by atoms with van der Waals surface area (Å²) < 4.78 is 35.8. The molecule has 56 valence electrons. The van der Waals surface area contributed by atoms with Gasteiger partial charge in [0.15, 0.2) is 0 Å². The third kappa shape index (κ3) is 0.962. The molecule has 0 aliphatic heterocycles. The quantitative estimate of drug-likeness (QED) is 0.560. The van der Waals surface area contributed by atoms with E-state index in [1.807, 2.05) is 0 Å². The van der Waals surface area contributed by atoms with Crippen molar-refractivity contribution in [1.82, 2.24) is 0 Å². The van der Waals surface area contributed by atoms with Gasteiger partial charge in [0.25, 0.3) is 0 Å². The summed E-state index contributed by atoms with van der Waals surface area (Å²) in [5.74, 6) is 0. The van der Waals surface area contributed by atoms with Crippen LogP contribution in [0, 0.1) is 16.7 Å². The molecule has 10 heavy (non-hydrogen) atoms. The fraction of sp³-hybridized carbons (Fsp3) is 0.833. The molecule has 1 nitrogen and oxygen atoms in total. The maximum absolute atomic E-state index is 11.9. The predicted molar refractivity (Wildman–Crippen MR) is 28.0 cm³/mol. The zero-order chi connectivity index (χ0) is 7.83. The van der Waals surface area contributed by atoms with Crippen LogP contribution < -0.4 is 0 Å². The molecule has 0 aromatic heterocycles. The number of nitrogens with zero attached hydrogens (tertiary/aromatic N) is 1. The highest BCUT2D eigenvalue weighted by molar-refractivity contribution is 5.03. The Kier molecular flexibility index (Phi) is 1.39. The van der Waals surface area contributed by atoms with Crippen molar-refractivity contribution in [3.63, 3.8) is 0 Å². The molecule has 4 heteroatoms. The summed E-state index contributed by atoms with van der Waals surface area (Å²) in [5.41, 5.74) is -1.62. The molecule has 0 amide bonds. The van der Waals surface area contributed by atoms with Gasteiger partial charge in [-0.15, -0.1) is 0 Å². The average molecular weight is 149 g/mol. The fourth-order valence-corrected chi connectivity index (χ4v) is 0.863. The van der Waals surface area contributed by atoms with Gasteiger partial charge in [0.1, 0.15) is 0 Å². The summed E-state index contributed by atoms with van der Waals surface area (Å²) in [5, 5.41) is 8.06. The molecule has 0 bridgehead atoms. The third-order valence-corrected chi connectivity index (χ3v) is 1.87. The van der Waals surface area contributed by atoms with Crippen LogP contribution in [0.15, 0.2) is 0 Å². The van der Waals surface area contributed by atoms with E-state index < -0.39 is 11.6 Å². The summed E-state index contributed by atoms with van der Waals surface area (Å²) in [4.78, 5) is 0. The molecule has 0 unspecified atom stereocenters. The Labute approximate surface area is 56.4 Å². The molecule has 1 aliphatic rings. The molecular weight excluding hydrogens is 143 g/mol. The highest BCUT2D eigenvalue weighted by Gasteiger charge is 2.62. The number of nitriles is 1. The first-order chi connectivity index (χ1) is 4.52. The van der Waals surface area contributed by atoms with Gasteiger partial charge in [0, 0.05) is 6.42 Å². The maximum atomic E-state index is 11.9. The van der Waals surface area contributed by atoms with Gasteiger partial charge in [-0.05, 0) is 12.8 Å². The molecule has 1 rings (SSSR count). The highest BCUT2D eigenvalue weighted by Crippen LogP contribution is 2.59. The molecule has 0 N–H and O–H groups in total. The SMILES string of the molecule is N#CCC1(C(F)(F)F)CC1. The van der Waals surface area contributed by atoms with Crippen LogP contribution in [0.3, 0.4) is 0 Å². The Morgan fingerprint density at radius 3 is 2.00 bits per heavy atom. The second kappa shape index (κ2) is 1.88. The van der Waals surface area contributed by atoms with E-state index in [1.54, 1.807) is 6.07 Å². The molecule has 1 fully saturated rings. The summed E-state index contributed by atoms with van der Waals surface area (Å²) in [6, 6.07) is 1.56. The summed E-state index contributed by atoms with van der Waals surface area (Å²) in [7, 11) is 0. The van der Waals surface area contributed by atoms with E-state index in [-0.39, 0.29) is 19.3 Å². The zero-order valence-electron chi connectivity index (χ0n) is 5.20. The van der Waals surface area contributed by atoms with Crippen molar-refractivity contribution in [3.8, 4) is 6.07 Å². The Morgan fingerprint density at radius 1 is 1.40 bits per heavy atom. The minimum atomic E-state index is -4.16. The number of hydrogen-bond acceptors (Lipinski definition) is 1. The van der Waals surface area contributed by atoms with E-state index in [1.165, 1.54) is 0 Å². The van der Waals surface area contributed by atoms with Gasteiger partial charge in [-0.3, -0.25) is 0 Å². The average Bonchev–Trinajstić information content (AvgIpc) is 2.45. The second-order valence-electron chi connectivity index (χ2n) is 2.61. The van der Waals surface area contributed by atoms with Crippen molar-refractivity contribution in [2.75, 3.05) is 0 Å². The summed E-state index contributed by atoms with van der Waals surface area (Å²) in [6.45, 7) is 0. The Bertz CT molecular complexity index is 172. The van der Waals surface area contributed by atoms with Gasteiger partial charge in [-0.2, -0.15) is 18.4 Å². The lowest BCUT2D eigenvalue weighted by Gasteiger charge is -2.14. The Balaban J connectivity index is 2.63. The first-order valence-electron chi connectivity index (χ1n) is 2.95. The Morgan fingerprint density at radius 2 is 1.90 bits per heavy atom. The standard InChI is InChI=1S/C6H6F3N/c7-6(8,9)5(1-2-5)3-4-10/h1-3H2. The van der Waals surface area contributed by atoms with Crippen LogP contribution in [0.25, 0.3) is 0 Å². The molecule has 0 spiro atoms. The van der Waals surface area contributed by atoms with E-state index in [9.17, 15) is 13.2 Å². The van der Waals surface area contributed by atoms with Crippen molar-refractivity contribution in [2.45, 2.75) is 25.4 Å². The number of alkyl halides is 3. The van der Waals surface area contributed by atoms with E-state index >= 15 is 0 Å². The van der Waals surface area contributed by atoms with Crippen molar-refractivity contribution in [2.24, 2.45) is 5.41 Å². The van der Waals surface area contributed by atoms with Crippen LogP contribution >= 0.6 is 0 Å². The summed E-state index contributed by atoms with van der Waals surface area (Å²) in [6.07, 6.45) is -4.28. The van der Waals surface area contributed by atoms with Gasteiger partial charge < -0.3 is 0 Å². The number of hydrogen-bond donors (Lipinski definition) is 0. The molecule has 1 saturated carbocycles. The van der Waals surface area contributed by atoms with Gasteiger partial charge in [0.2, 0.25) is 0 Å². The smallest absolute Gasteiger partial charge is 0.198 e. The third-order valence-electron chi connectivity index (χ3n) is 1.87. The molecular formula is C6H6F3N. The second-order valence-corrected chi connectivity index (χ2v) is 2.61. The van der Waals surface area contributed by atoms with Crippen LogP contribution in [-0.4, -0.2) is 6.18 Å².